The summed E-state index contributed by atoms with van der Waals surface area (Å²) in [5.74, 6) is -0.713. The Labute approximate surface area is 212 Å². The quantitative estimate of drug-likeness (QED) is 0.339. The summed E-state index contributed by atoms with van der Waals surface area (Å²) >= 11 is 0. The van der Waals surface area contributed by atoms with E-state index in [-0.39, 0.29) is 29.7 Å². The Morgan fingerprint density at radius 1 is 1.11 bits per heavy atom. The molecule has 0 aromatic heterocycles. The van der Waals surface area contributed by atoms with Crippen molar-refractivity contribution in [3.8, 4) is 0 Å². The number of nitro benzene ring substituents is 1. The van der Waals surface area contributed by atoms with Gasteiger partial charge in [-0.1, -0.05) is 56.7 Å². The van der Waals surface area contributed by atoms with E-state index in [0.29, 0.717) is 13.0 Å². The predicted octanol–water partition coefficient (Wildman–Crippen LogP) is 3.25. The lowest BCUT2D eigenvalue weighted by Crippen LogP contribution is -2.52. The molecule has 2 rings (SSSR count). The number of nitrogens with zero attached hydrogens (tertiary/aromatic N) is 3. The monoisotopic (exact) mass is 518 g/mol. The molecule has 2 amide bonds. The van der Waals surface area contributed by atoms with Gasteiger partial charge in [-0.15, -0.1) is 0 Å². The van der Waals surface area contributed by atoms with Crippen LogP contribution in [0.25, 0.3) is 0 Å². The van der Waals surface area contributed by atoms with Crippen LogP contribution in [-0.4, -0.2) is 55.4 Å². The van der Waals surface area contributed by atoms with E-state index in [0.717, 1.165) is 27.8 Å². The van der Waals surface area contributed by atoms with Crippen molar-refractivity contribution >= 4 is 33.2 Å². The van der Waals surface area contributed by atoms with Crippen LogP contribution in [0.4, 0.5) is 11.4 Å². The number of nitro groups is 1. The molecule has 0 aliphatic carbocycles. The van der Waals surface area contributed by atoms with Gasteiger partial charge in [0.25, 0.3) is 5.69 Å². The first-order chi connectivity index (χ1) is 16.8. The zero-order valence-electron chi connectivity index (χ0n) is 21.3. The molecule has 36 heavy (non-hydrogen) atoms. The van der Waals surface area contributed by atoms with Crippen molar-refractivity contribution in [2.45, 2.75) is 46.7 Å². The molecular weight excluding hydrogens is 484 g/mol. The Balaban J connectivity index is 2.46. The van der Waals surface area contributed by atoms with Gasteiger partial charge in [-0.3, -0.25) is 24.0 Å². The largest absolute Gasteiger partial charge is 0.354 e. The summed E-state index contributed by atoms with van der Waals surface area (Å²) < 4.78 is 26.1. The van der Waals surface area contributed by atoms with Gasteiger partial charge < -0.3 is 10.2 Å². The first-order valence-electron chi connectivity index (χ1n) is 11.7. The van der Waals surface area contributed by atoms with Crippen LogP contribution < -0.4 is 9.62 Å². The molecule has 2 aromatic carbocycles. The molecule has 0 radical (unpaired) electrons. The highest BCUT2D eigenvalue weighted by molar-refractivity contribution is 7.92. The number of hydrogen-bond donors (Lipinski definition) is 1. The second kappa shape index (κ2) is 12.5. The molecule has 1 N–H and O–H groups in total. The standard InChI is InChI=1S/C25H34N4O6S/c1-6-23(25(31)26-15-18(2)3)27(16-20-10-7-9-19(4)13-20)24(30)17-28(36(5,34)35)21-11-8-12-22(14-21)29(32)33/h7-14,18,23H,6,15-17H2,1-5H3,(H,26,31). The molecule has 0 saturated heterocycles. The molecule has 0 bridgehead atoms. The average molecular weight is 519 g/mol. The zero-order valence-corrected chi connectivity index (χ0v) is 22.1. The van der Waals surface area contributed by atoms with Gasteiger partial charge in [-0.2, -0.15) is 0 Å². The highest BCUT2D eigenvalue weighted by Crippen LogP contribution is 2.24. The van der Waals surface area contributed by atoms with Crippen molar-refractivity contribution in [3.63, 3.8) is 0 Å². The van der Waals surface area contributed by atoms with Gasteiger partial charge in [0, 0.05) is 25.2 Å². The number of rotatable bonds is 12. The van der Waals surface area contributed by atoms with Crippen molar-refractivity contribution in [1.29, 1.82) is 0 Å². The number of carbonyl (C=O) groups excluding carboxylic acids is 2. The Kier molecular flexibility index (Phi) is 9.97. The minimum atomic E-state index is -3.98. The minimum absolute atomic E-state index is 0.00661. The molecule has 0 aliphatic heterocycles. The Morgan fingerprint density at radius 3 is 2.33 bits per heavy atom. The van der Waals surface area contributed by atoms with Gasteiger partial charge in [0.05, 0.1) is 16.9 Å². The van der Waals surface area contributed by atoms with Gasteiger partial charge in [0.1, 0.15) is 12.6 Å². The molecule has 11 heteroatoms. The Morgan fingerprint density at radius 2 is 1.78 bits per heavy atom. The molecular formula is C25H34N4O6S. The van der Waals surface area contributed by atoms with E-state index in [9.17, 15) is 28.1 Å². The molecule has 0 fully saturated rings. The molecule has 0 heterocycles. The fraction of sp³-hybridized carbons (Fsp3) is 0.440. The maximum atomic E-state index is 13.6. The molecule has 0 saturated carbocycles. The number of carbonyl (C=O) groups is 2. The summed E-state index contributed by atoms with van der Waals surface area (Å²) in [6, 6.07) is 11.7. The molecule has 1 atom stereocenters. The van der Waals surface area contributed by atoms with E-state index in [2.05, 4.69) is 5.32 Å². The fourth-order valence-electron chi connectivity index (χ4n) is 3.72. The molecule has 10 nitrogen and oxygen atoms in total. The summed E-state index contributed by atoms with van der Waals surface area (Å²) in [5.41, 5.74) is 1.46. The van der Waals surface area contributed by atoms with Crippen LogP contribution >= 0.6 is 0 Å². The number of sulfonamides is 1. The zero-order chi connectivity index (χ0) is 27.0. The van der Waals surface area contributed by atoms with Gasteiger partial charge in [0.15, 0.2) is 0 Å². The normalized spacial score (nSPS) is 12.2. The molecule has 0 aliphatic rings. The van der Waals surface area contributed by atoms with Crippen LogP contribution in [0.15, 0.2) is 48.5 Å². The number of nitrogens with one attached hydrogen (secondary N) is 1. The lowest BCUT2D eigenvalue weighted by molar-refractivity contribution is -0.384. The molecule has 196 valence electrons. The van der Waals surface area contributed by atoms with Gasteiger partial charge in [-0.05, 0) is 30.9 Å². The van der Waals surface area contributed by atoms with Crippen LogP contribution in [0.1, 0.15) is 38.3 Å². The van der Waals surface area contributed by atoms with Crippen molar-refractivity contribution in [2.75, 3.05) is 23.7 Å². The number of benzene rings is 2. The SMILES string of the molecule is CCC(C(=O)NCC(C)C)N(Cc1cccc(C)c1)C(=O)CN(c1cccc([N+](=O)[O-])c1)S(C)(=O)=O. The van der Waals surface area contributed by atoms with Crippen molar-refractivity contribution in [3.05, 3.63) is 69.8 Å². The van der Waals surface area contributed by atoms with Crippen LogP contribution in [0, 0.1) is 23.0 Å². The van der Waals surface area contributed by atoms with E-state index in [1.54, 1.807) is 6.92 Å². The Hall–Kier alpha value is -3.47. The summed E-state index contributed by atoms with van der Waals surface area (Å²) in [6.07, 6.45) is 1.24. The van der Waals surface area contributed by atoms with E-state index in [4.69, 9.17) is 0 Å². The molecule has 0 spiro atoms. The van der Waals surface area contributed by atoms with Crippen LogP contribution in [0.3, 0.4) is 0 Å². The number of non-ortho nitro benzene ring substituents is 1. The number of anilines is 1. The predicted molar refractivity (Wildman–Crippen MR) is 139 cm³/mol. The van der Waals surface area contributed by atoms with Crippen LogP contribution in [-0.2, 0) is 26.2 Å². The highest BCUT2D eigenvalue weighted by atomic mass is 32.2. The summed E-state index contributed by atoms with van der Waals surface area (Å²) in [6.45, 7) is 7.53. The van der Waals surface area contributed by atoms with Gasteiger partial charge in [-0.25, -0.2) is 8.42 Å². The number of hydrogen-bond acceptors (Lipinski definition) is 6. The third-order valence-corrected chi connectivity index (χ3v) is 6.65. The second-order valence-electron chi connectivity index (χ2n) is 9.12. The highest BCUT2D eigenvalue weighted by Gasteiger charge is 2.32. The molecule has 1 unspecified atom stereocenters. The second-order valence-corrected chi connectivity index (χ2v) is 11.0. The van der Waals surface area contributed by atoms with Crippen molar-refractivity contribution < 1.29 is 22.9 Å². The van der Waals surface area contributed by atoms with Crippen LogP contribution in [0.5, 0.6) is 0 Å². The maximum Gasteiger partial charge on any atom is 0.271 e. The number of amides is 2. The van der Waals surface area contributed by atoms with Crippen LogP contribution in [0.2, 0.25) is 0 Å². The van der Waals surface area contributed by atoms with E-state index in [1.165, 1.54) is 23.1 Å². The van der Waals surface area contributed by atoms with E-state index in [1.807, 2.05) is 45.0 Å². The van der Waals surface area contributed by atoms with Crippen molar-refractivity contribution in [1.82, 2.24) is 10.2 Å². The summed E-state index contributed by atoms with van der Waals surface area (Å²) in [5, 5.41) is 14.1. The van der Waals surface area contributed by atoms with E-state index < -0.39 is 33.4 Å². The number of aryl methyl sites for hydroxylation is 1. The lowest BCUT2D eigenvalue weighted by Gasteiger charge is -2.33. The van der Waals surface area contributed by atoms with Crippen molar-refractivity contribution in [2.24, 2.45) is 5.92 Å². The van der Waals surface area contributed by atoms with Gasteiger partial charge >= 0.3 is 0 Å². The third kappa shape index (κ3) is 8.04. The smallest absolute Gasteiger partial charge is 0.271 e. The lowest BCUT2D eigenvalue weighted by atomic mass is 10.1. The third-order valence-electron chi connectivity index (χ3n) is 5.51. The van der Waals surface area contributed by atoms with Gasteiger partial charge in [0.2, 0.25) is 21.8 Å². The summed E-state index contributed by atoms with van der Waals surface area (Å²) in [7, 11) is -3.98. The molecule has 2 aromatic rings. The maximum absolute atomic E-state index is 13.6. The topological polar surface area (TPSA) is 130 Å². The average Bonchev–Trinajstić information content (AvgIpc) is 2.80. The first kappa shape index (κ1) is 28.8. The summed E-state index contributed by atoms with van der Waals surface area (Å²) in [4.78, 5) is 38.6. The Bertz CT molecular complexity index is 1200. The fourth-order valence-corrected chi connectivity index (χ4v) is 4.57. The van der Waals surface area contributed by atoms with E-state index >= 15 is 0 Å². The first-order valence-corrected chi connectivity index (χ1v) is 13.5. The minimum Gasteiger partial charge on any atom is -0.354 e.